The third-order valence-corrected chi connectivity index (χ3v) is 4.52. The zero-order chi connectivity index (χ0) is 13.5. The zero-order valence-corrected chi connectivity index (χ0v) is 10.9. The number of nitrogens with zero attached hydrogens (tertiary/aromatic N) is 1. The van der Waals surface area contributed by atoms with Crippen molar-refractivity contribution in [2.45, 2.75) is 63.5 Å². The molecule has 106 valence electrons. The third kappa shape index (κ3) is 2.65. The summed E-state index contributed by atoms with van der Waals surface area (Å²) in [6.07, 6.45) is 2.58. The normalized spacial score (nSPS) is 25.3. The molecule has 3 rings (SSSR count). The number of H-pyrrole nitrogens is 1. The van der Waals surface area contributed by atoms with E-state index in [1.54, 1.807) is 0 Å². The monoisotopic (exact) mass is 272 g/mol. The summed E-state index contributed by atoms with van der Waals surface area (Å²) in [5.41, 5.74) is 1.61. The van der Waals surface area contributed by atoms with Gasteiger partial charge in [0.2, 0.25) is 0 Å². The van der Waals surface area contributed by atoms with E-state index in [2.05, 4.69) is 9.97 Å². The maximum atomic E-state index is 12.8. The molecule has 1 fully saturated rings. The number of aromatic amines is 1. The van der Waals surface area contributed by atoms with E-state index in [1.165, 1.54) is 19.3 Å². The predicted molar refractivity (Wildman–Crippen MR) is 66.0 cm³/mol. The van der Waals surface area contributed by atoms with Crippen molar-refractivity contribution in [2.24, 2.45) is 5.92 Å². The highest BCUT2D eigenvalue weighted by Crippen LogP contribution is 2.38. The number of nitrogens with one attached hydrogen (secondary N) is 1. The average molecular weight is 272 g/mol. The van der Waals surface area contributed by atoms with Gasteiger partial charge in [-0.05, 0) is 25.7 Å². The largest absolute Gasteiger partial charge is 0.392 e. The smallest absolute Gasteiger partial charge is 0.345 e. The molecule has 0 amide bonds. The lowest BCUT2D eigenvalue weighted by Gasteiger charge is -2.23. The van der Waals surface area contributed by atoms with Crippen LogP contribution in [0.5, 0.6) is 0 Å². The third-order valence-electron chi connectivity index (χ3n) is 4.52. The summed E-state index contributed by atoms with van der Waals surface area (Å²) in [6, 6.07) is 0. The first kappa shape index (κ1) is 13.0. The molecule has 0 saturated heterocycles. The second kappa shape index (κ2) is 4.84. The summed E-state index contributed by atoms with van der Waals surface area (Å²) in [5.74, 6) is 0.177. The molecular weight excluding hydrogens is 253 g/mol. The fraction of sp³-hybridized carbons (Fsp3) is 0.786. The molecule has 2 nitrogen and oxygen atoms in total. The quantitative estimate of drug-likeness (QED) is 0.818. The van der Waals surface area contributed by atoms with E-state index in [0.29, 0.717) is 12.3 Å². The van der Waals surface area contributed by atoms with Gasteiger partial charge in [0.05, 0.1) is 11.6 Å². The number of halogens is 3. The Morgan fingerprint density at radius 1 is 1.05 bits per heavy atom. The van der Waals surface area contributed by atoms with Crippen molar-refractivity contribution in [1.82, 2.24) is 9.97 Å². The van der Waals surface area contributed by atoms with Crippen molar-refractivity contribution in [3.63, 3.8) is 0 Å². The molecule has 0 aromatic carbocycles. The van der Waals surface area contributed by atoms with Gasteiger partial charge in [0, 0.05) is 18.0 Å². The Morgan fingerprint density at radius 2 is 1.79 bits per heavy atom. The molecule has 1 atom stereocenters. The fourth-order valence-corrected chi connectivity index (χ4v) is 3.35. The lowest BCUT2D eigenvalue weighted by molar-refractivity contribution is -0.177. The van der Waals surface area contributed by atoms with Gasteiger partial charge in [0.15, 0.2) is 0 Å². The van der Waals surface area contributed by atoms with Crippen molar-refractivity contribution in [1.29, 1.82) is 0 Å². The molecule has 0 aliphatic heterocycles. The van der Waals surface area contributed by atoms with Crippen LogP contribution >= 0.6 is 0 Å². The van der Waals surface area contributed by atoms with E-state index in [-0.39, 0.29) is 12.8 Å². The number of aromatic nitrogens is 2. The summed E-state index contributed by atoms with van der Waals surface area (Å²) in [4.78, 5) is 7.76. The SMILES string of the molecule is FC(F)(F)C1CCc2nc(C3CCCCC3)[nH]c2C1. The highest BCUT2D eigenvalue weighted by molar-refractivity contribution is 5.21. The fourth-order valence-electron chi connectivity index (χ4n) is 3.35. The van der Waals surface area contributed by atoms with Gasteiger partial charge in [0.25, 0.3) is 0 Å². The first-order valence-corrected chi connectivity index (χ1v) is 7.18. The minimum absolute atomic E-state index is 0.0819. The molecule has 19 heavy (non-hydrogen) atoms. The van der Waals surface area contributed by atoms with Crippen LogP contribution in [0.1, 0.15) is 61.7 Å². The lowest BCUT2D eigenvalue weighted by atomic mass is 9.89. The molecule has 1 heterocycles. The summed E-state index contributed by atoms with van der Waals surface area (Å²) in [7, 11) is 0. The Balaban J connectivity index is 1.77. The highest BCUT2D eigenvalue weighted by atomic mass is 19.4. The van der Waals surface area contributed by atoms with Crippen molar-refractivity contribution >= 4 is 0 Å². The standard InChI is InChI=1S/C14H19F3N2/c15-14(16,17)10-6-7-11-12(8-10)19-13(18-11)9-4-2-1-3-5-9/h9-10H,1-8H2,(H,18,19). The lowest BCUT2D eigenvalue weighted by Crippen LogP contribution is -2.28. The molecule has 0 spiro atoms. The van der Waals surface area contributed by atoms with E-state index in [9.17, 15) is 13.2 Å². The minimum atomic E-state index is -4.08. The second-order valence-electron chi connectivity index (χ2n) is 5.86. The van der Waals surface area contributed by atoms with E-state index in [4.69, 9.17) is 0 Å². The zero-order valence-electron chi connectivity index (χ0n) is 10.9. The van der Waals surface area contributed by atoms with Crippen molar-refractivity contribution in [3.8, 4) is 0 Å². The number of imidazole rings is 1. The molecule has 2 aliphatic carbocycles. The van der Waals surface area contributed by atoms with E-state index >= 15 is 0 Å². The molecule has 2 aliphatic rings. The number of rotatable bonds is 1. The molecule has 5 heteroatoms. The van der Waals surface area contributed by atoms with Crippen LogP contribution in [0.4, 0.5) is 13.2 Å². The summed E-state index contributed by atoms with van der Waals surface area (Å²) >= 11 is 0. The average Bonchev–Trinajstić information content (AvgIpc) is 2.81. The van der Waals surface area contributed by atoms with Crippen LogP contribution in [-0.2, 0) is 12.8 Å². The number of alkyl halides is 3. The van der Waals surface area contributed by atoms with Gasteiger partial charge in [0.1, 0.15) is 5.82 Å². The van der Waals surface area contributed by atoms with Crippen LogP contribution in [0.25, 0.3) is 0 Å². The van der Waals surface area contributed by atoms with Crippen molar-refractivity contribution in [3.05, 3.63) is 17.2 Å². The van der Waals surface area contributed by atoms with Crippen LogP contribution < -0.4 is 0 Å². The topological polar surface area (TPSA) is 28.7 Å². The molecule has 1 unspecified atom stereocenters. The summed E-state index contributed by atoms with van der Waals surface area (Å²) < 4.78 is 38.3. The van der Waals surface area contributed by atoms with E-state index < -0.39 is 12.1 Å². The summed E-state index contributed by atoms with van der Waals surface area (Å²) in [5, 5.41) is 0. The maximum Gasteiger partial charge on any atom is 0.392 e. The second-order valence-corrected chi connectivity index (χ2v) is 5.86. The molecule has 1 saturated carbocycles. The van der Waals surface area contributed by atoms with Gasteiger partial charge in [-0.25, -0.2) is 4.98 Å². The van der Waals surface area contributed by atoms with E-state index in [0.717, 1.165) is 30.1 Å². The van der Waals surface area contributed by atoms with Crippen LogP contribution in [0.15, 0.2) is 0 Å². The Bertz CT molecular complexity index is 444. The molecular formula is C14H19F3N2. The van der Waals surface area contributed by atoms with Crippen LogP contribution in [-0.4, -0.2) is 16.1 Å². The molecule has 0 bridgehead atoms. The Labute approximate surface area is 110 Å². The Kier molecular flexibility index (Phi) is 3.31. The molecule has 1 aromatic rings. The van der Waals surface area contributed by atoms with Crippen LogP contribution in [0.2, 0.25) is 0 Å². The van der Waals surface area contributed by atoms with Crippen molar-refractivity contribution < 1.29 is 13.2 Å². The van der Waals surface area contributed by atoms with Crippen LogP contribution in [0.3, 0.4) is 0 Å². The van der Waals surface area contributed by atoms with Crippen molar-refractivity contribution in [2.75, 3.05) is 0 Å². The Morgan fingerprint density at radius 3 is 2.47 bits per heavy atom. The van der Waals surface area contributed by atoms with Gasteiger partial charge >= 0.3 is 6.18 Å². The highest BCUT2D eigenvalue weighted by Gasteiger charge is 2.42. The predicted octanol–water partition coefficient (Wildman–Crippen LogP) is 4.12. The Hall–Kier alpha value is -1.00. The number of hydrogen-bond donors (Lipinski definition) is 1. The van der Waals surface area contributed by atoms with Gasteiger partial charge in [-0.15, -0.1) is 0 Å². The maximum absolute atomic E-state index is 12.8. The number of hydrogen-bond acceptors (Lipinski definition) is 1. The van der Waals surface area contributed by atoms with E-state index in [1.807, 2.05) is 0 Å². The number of aryl methyl sites for hydroxylation is 1. The van der Waals surface area contributed by atoms with Crippen LogP contribution in [0, 0.1) is 5.92 Å². The molecule has 1 N–H and O–H groups in total. The van der Waals surface area contributed by atoms with Gasteiger partial charge in [-0.2, -0.15) is 13.2 Å². The summed E-state index contributed by atoms with van der Waals surface area (Å²) in [6.45, 7) is 0. The number of fused-ring (bicyclic) bond motifs is 1. The first-order valence-electron chi connectivity index (χ1n) is 7.18. The van der Waals surface area contributed by atoms with Gasteiger partial charge < -0.3 is 4.98 Å². The van der Waals surface area contributed by atoms with Gasteiger partial charge in [-0.3, -0.25) is 0 Å². The molecule has 1 aromatic heterocycles. The first-order chi connectivity index (χ1) is 9.04. The minimum Gasteiger partial charge on any atom is -0.345 e. The van der Waals surface area contributed by atoms with Gasteiger partial charge in [-0.1, -0.05) is 19.3 Å². The molecule has 0 radical (unpaired) electrons.